The van der Waals surface area contributed by atoms with Gasteiger partial charge in [0.1, 0.15) is 6.10 Å². The fraction of sp³-hybridized carbons (Fsp3) is 0.609. The van der Waals surface area contributed by atoms with Gasteiger partial charge >= 0.3 is 11.8 Å². The van der Waals surface area contributed by atoms with Crippen LogP contribution in [0.3, 0.4) is 0 Å². The van der Waals surface area contributed by atoms with Crippen LogP contribution in [-0.2, 0) is 9.53 Å². The third kappa shape index (κ3) is 2.91. The fourth-order valence-electron chi connectivity index (χ4n) is 7.27. The van der Waals surface area contributed by atoms with Crippen LogP contribution in [0, 0.1) is 23.2 Å². The van der Waals surface area contributed by atoms with E-state index in [0.29, 0.717) is 41.5 Å². The Morgan fingerprint density at radius 2 is 1.94 bits per heavy atom. The summed E-state index contributed by atoms with van der Waals surface area (Å²) in [5.74, 6) is 0.758. The minimum Gasteiger partial charge on any atom is -0.446 e. The number of hydrogen-bond donors (Lipinski definition) is 2. The van der Waals surface area contributed by atoms with Gasteiger partial charge in [-0.05, 0) is 68.4 Å². The van der Waals surface area contributed by atoms with Gasteiger partial charge in [-0.3, -0.25) is 9.36 Å². The minimum atomic E-state index is -0.395. The summed E-state index contributed by atoms with van der Waals surface area (Å²) in [5, 5.41) is 0.513. The first-order valence-electron chi connectivity index (χ1n) is 11.5. The van der Waals surface area contributed by atoms with Crippen LogP contribution < -0.4 is 11.4 Å². The number of ether oxygens (including phenoxy) is 1. The lowest BCUT2D eigenvalue weighted by Gasteiger charge is -2.58. The van der Waals surface area contributed by atoms with E-state index in [1.807, 2.05) is 6.07 Å². The standard InChI is InChI=1S/C23H27ClN4O4/c24-16-2-1-3-17-18(16)28(21(30)26-17)15-4-5-27(11-15)22(31)32-19-13-6-12-7-14(19)10-23(8-12,9-13)20(25)29/h1-3,12-15,19H,4-11H2,(H2,25,29)(H,26,30)/t12?,13?,14?,15-,19-,23-/m1/s1. The van der Waals surface area contributed by atoms with E-state index >= 15 is 0 Å². The van der Waals surface area contributed by atoms with Crippen molar-refractivity contribution >= 4 is 34.6 Å². The second-order valence-electron chi connectivity index (χ2n) is 10.3. The van der Waals surface area contributed by atoms with Gasteiger partial charge in [-0.25, -0.2) is 9.59 Å². The molecule has 2 aromatic rings. The topological polar surface area (TPSA) is 110 Å². The number of likely N-dealkylation sites (tertiary alicyclic amines) is 1. The summed E-state index contributed by atoms with van der Waals surface area (Å²) in [5.41, 5.74) is 6.53. The van der Waals surface area contributed by atoms with Crippen molar-refractivity contribution in [3.63, 3.8) is 0 Å². The lowest BCUT2D eigenvalue weighted by molar-refractivity contribution is -0.161. The average Bonchev–Trinajstić information content (AvgIpc) is 3.34. The number of primary amides is 1. The molecule has 1 aromatic carbocycles. The first kappa shape index (κ1) is 20.1. The Hall–Kier alpha value is -2.48. The van der Waals surface area contributed by atoms with Crippen molar-refractivity contribution in [2.45, 2.75) is 50.7 Å². The van der Waals surface area contributed by atoms with E-state index in [9.17, 15) is 14.4 Å². The first-order valence-corrected chi connectivity index (χ1v) is 11.9. The molecule has 7 rings (SSSR count). The van der Waals surface area contributed by atoms with Crippen LogP contribution in [0.5, 0.6) is 0 Å². The quantitative estimate of drug-likeness (QED) is 0.736. The molecule has 3 N–H and O–H groups in total. The van der Waals surface area contributed by atoms with Crippen molar-refractivity contribution in [1.29, 1.82) is 0 Å². The number of aromatic amines is 1. The number of fused-ring (bicyclic) bond motifs is 1. The molecule has 2 heterocycles. The molecule has 1 aromatic heterocycles. The maximum absolute atomic E-state index is 13.1. The Balaban J connectivity index is 1.17. The number of rotatable bonds is 3. The van der Waals surface area contributed by atoms with Crippen molar-refractivity contribution in [3.05, 3.63) is 33.7 Å². The van der Waals surface area contributed by atoms with E-state index in [2.05, 4.69) is 4.98 Å². The Labute approximate surface area is 190 Å². The highest BCUT2D eigenvalue weighted by Gasteiger charge is 2.59. The molecular formula is C23H27ClN4O4. The lowest BCUT2D eigenvalue weighted by atomic mass is 9.48. The molecule has 0 radical (unpaired) electrons. The van der Waals surface area contributed by atoms with Gasteiger partial charge < -0.3 is 20.4 Å². The van der Waals surface area contributed by atoms with E-state index in [0.717, 1.165) is 32.1 Å². The van der Waals surface area contributed by atoms with Gasteiger partial charge in [0.05, 0.1) is 27.5 Å². The first-order chi connectivity index (χ1) is 15.3. The zero-order chi connectivity index (χ0) is 22.2. The summed E-state index contributed by atoms with van der Waals surface area (Å²) >= 11 is 6.37. The molecule has 1 aliphatic heterocycles. The van der Waals surface area contributed by atoms with E-state index in [1.54, 1.807) is 21.6 Å². The van der Waals surface area contributed by atoms with Gasteiger partial charge in [0, 0.05) is 13.1 Å². The number of nitrogens with two attached hydrogens (primary N) is 1. The number of nitrogens with one attached hydrogen (secondary N) is 1. The van der Waals surface area contributed by atoms with Gasteiger partial charge in [-0.2, -0.15) is 0 Å². The van der Waals surface area contributed by atoms with Crippen molar-refractivity contribution < 1.29 is 14.3 Å². The normalized spacial score (nSPS) is 35.5. The molecule has 3 atom stereocenters. The van der Waals surface area contributed by atoms with Gasteiger partial charge in [-0.15, -0.1) is 0 Å². The van der Waals surface area contributed by atoms with Gasteiger partial charge in [0.15, 0.2) is 0 Å². The predicted molar refractivity (Wildman–Crippen MR) is 118 cm³/mol. The number of carbonyl (C=O) groups excluding carboxylic acids is 2. The average molecular weight is 459 g/mol. The van der Waals surface area contributed by atoms with Crippen LogP contribution in [0.15, 0.2) is 23.0 Å². The van der Waals surface area contributed by atoms with Crippen LogP contribution in [0.25, 0.3) is 11.0 Å². The zero-order valence-corrected chi connectivity index (χ0v) is 18.5. The predicted octanol–water partition coefficient (Wildman–Crippen LogP) is 3.05. The molecule has 9 heteroatoms. The molecule has 170 valence electrons. The number of imidazole rings is 1. The smallest absolute Gasteiger partial charge is 0.410 e. The molecule has 2 amide bonds. The molecule has 2 unspecified atom stereocenters. The number of amides is 2. The maximum Gasteiger partial charge on any atom is 0.410 e. The molecule has 4 aliphatic carbocycles. The van der Waals surface area contributed by atoms with Crippen molar-refractivity contribution in [2.75, 3.05) is 13.1 Å². The summed E-state index contributed by atoms with van der Waals surface area (Å²) < 4.78 is 7.73. The monoisotopic (exact) mass is 458 g/mol. The Morgan fingerprint density at radius 1 is 1.19 bits per heavy atom. The van der Waals surface area contributed by atoms with E-state index in [-0.39, 0.29) is 41.7 Å². The number of para-hydroxylation sites is 1. The number of nitrogens with zero attached hydrogens (tertiary/aromatic N) is 2. The molecular weight excluding hydrogens is 432 g/mol. The highest BCUT2D eigenvalue weighted by atomic mass is 35.5. The molecule has 5 fully saturated rings. The van der Waals surface area contributed by atoms with E-state index < -0.39 is 5.41 Å². The van der Waals surface area contributed by atoms with Crippen LogP contribution in [-0.4, -0.2) is 45.6 Å². The zero-order valence-electron chi connectivity index (χ0n) is 17.8. The van der Waals surface area contributed by atoms with Crippen molar-refractivity contribution in [1.82, 2.24) is 14.5 Å². The second kappa shape index (κ2) is 7.01. The van der Waals surface area contributed by atoms with Crippen molar-refractivity contribution in [3.8, 4) is 0 Å². The molecule has 1 saturated heterocycles. The minimum absolute atomic E-state index is 0.143. The number of benzene rings is 1. The van der Waals surface area contributed by atoms with Gasteiger partial charge in [0.25, 0.3) is 0 Å². The van der Waals surface area contributed by atoms with Crippen molar-refractivity contribution in [2.24, 2.45) is 28.9 Å². The highest BCUT2D eigenvalue weighted by Crippen LogP contribution is 2.60. The molecule has 0 spiro atoms. The van der Waals surface area contributed by atoms with E-state index in [1.165, 1.54) is 0 Å². The summed E-state index contributed by atoms with van der Waals surface area (Å²) in [6.45, 7) is 0.940. The van der Waals surface area contributed by atoms with Gasteiger partial charge in [0.2, 0.25) is 5.91 Å². The van der Waals surface area contributed by atoms with E-state index in [4.69, 9.17) is 22.1 Å². The fourth-order valence-corrected chi connectivity index (χ4v) is 7.53. The Kier molecular flexibility index (Phi) is 4.41. The molecule has 4 bridgehead atoms. The summed E-state index contributed by atoms with van der Waals surface area (Å²) in [4.78, 5) is 42.4. The molecule has 4 saturated carbocycles. The van der Waals surface area contributed by atoms with Gasteiger partial charge in [-0.1, -0.05) is 17.7 Å². The van der Waals surface area contributed by atoms with Crippen LogP contribution in [0.2, 0.25) is 5.02 Å². The maximum atomic E-state index is 13.1. The Morgan fingerprint density at radius 3 is 2.66 bits per heavy atom. The summed E-state index contributed by atoms with van der Waals surface area (Å²) in [6.07, 6.45) is 4.58. The highest BCUT2D eigenvalue weighted by molar-refractivity contribution is 6.34. The summed E-state index contributed by atoms with van der Waals surface area (Å²) in [7, 11) is 0. The number of hydrogen-bond acceptors (Lipinski definition) is 4. The van der Waals surface area contributed by atoms with Crippen LogP contribution in [0.1, 0.15) is 44.6 Å². The SMILES string of the molecule is NC(=O)[C@]12CC3CC(C1)[C@@H](OC(=O)N1CC[C@@H](n4c(=O)[nH]c5cccc(Cl)c54)C1)C(C3)C2. The third-order valence-corrected chi connectivity index (χ3v) is 8.73. The number of aromatic nitrogens is 2. The summed E-state index contributed by atoms with van der Waals surface area (Å²) in [6, 6.07) is 5.24. The molecule has 5 aliphatic rings. The van der Waals surface area contributed by atoms with Crippen LogP contribution >= 0.6 is 11.6 Å². The Bertz CT molecular complexity index is 1160. The third-order valence-electron chi connectivity index (χ3n) is 8.42. The lowest BCUT2D eigenvalue weighted by Crippen LogP contribution is -2.59. The molecule has 8 nitrogen and oxygen atoms in total. The molecule has 32 heavy (non-hydrogen) atoms. The number of H-pyrrole nitrogens is 1. The number of carbonyl (C=O) groups is 2. The second-order valence-corrected chi connectivity index (χ2v) is 10.7. The number of halogens is 1. The van der Waals surface area contributed by atoms with Crippen LogP contribution in [0.4, 0.5) is 4.79 Å². The largest absolute Gasteiger partial charge is 0.446 e.